The number of rotatable bonds is 10. The quantitative estimate of drug-likeness (QED) is 0.584. The average molecular weight is 466 g/mol. The molecule has 0 aliphatic heterocycles. The number of halogens is 1. The van der Waals surface area contributed by atoms with E-state index in [1.165, 1.54) is 4.90 Å². The normalized spacial score (nSPS) is 12.1. The second-order valence-electron chi connectivity index (χ2n) is 7.04. The summed E-state index contributed by atoms with van der Waals surface area (Å²) in [4.78, 5) is 27.5. The number of nitrogens with zero attached hydrogens (tertiary/aromatic N) is 2. The topological polar surface area (TPSA) is 86.8 Å². The summed E-state index contributed by atoms with van der Waals surface area (Å²) in [7, 11) is -3.73. The lowest BCUT2D eigenvalue weighted by molar-refractivity contribution is -0.140. The zero-order valence-corrected chi connectivity index (χ0v) is 19.5. The molecule has 7 nitrogen and oxygen atoms in total. The van der Waals surface area contributed by atoms with E-state index in [0.717, 1.165) is 10.6 Å². The first-order valence-corrected chi connectivity index (χ1v) is 12.2. The average Bonchev–Trinajstić information content (AvgIpc) is 2.73. The van der Waals surface area contributed by atoms with Gasteiger partial charge in [-0.3, -0.25) is 13.9 Å². The van der Waals surface area contributed by atoms with Gasteiger partial charge in [-0.1, -0.05) is 54.9 Å². The number of benzene rings is 2. The minimum Gasteiger partial charge on any atom is -0.355 e. The molecule has 0 fully saturated rings. The molecule has 9 heteroatoms. The number of likely N-dealkylation sites (N-methyl/N-ethyl adjacent to an activating group) is 1. The van der Waals surface area contributed by atoms with Gasteiger partial charge in [-0.2, -0.15) is 0 Å². The Morgan fingerprint density at radius 2 is 1.65 bits per heavy atom. The second kappa shape index (κ2) is 11.2. The van der Waals surface area contributed by atoms with E-state index >= 15 is 0 Å². The Labute approximate surface area is 189 Å². The Morgan fingerprint density at radius 3 is 2.19 bits per heavy atom. The third-order valence-electron chi connectivity index (χ3n) is 4.76. The number of para-hydroxylation sites is 1. The summed E-state index contributed by atoms with van der Waals surface area (Å²) in [5, 5.41) is 3.22. The molecule has 2 aromatic rings. The fourth-order valence-corrected chi connectivity index (χ4v) is 4.27. The lowest BCUT2D eigenvalue weighted by Gasteiger charge is -2.33. The van der Waals surface area contributed by atoms with Crippen LogP contribution in [-0.4, -0.2) is 50.5 Å². The Balaban J connectivity index is 2.42. The molecule has 0 saturated heterocycles. The molecule has 1 N–H and O–H groups in total. The van der Waals surface area contributed by atoms with Crippen LogP contribution in [0.3, 0.4) is 0 Å². The largest absolute Gasteiger partial charge is 0.355 e. The van der Waals surface area contributed by atoms with Gasteiger partial charge in [-0.05, 0) is 37.1 Å². The zero-order chi connectivity index (χ0) is 23.0. The van der Waals surface area contributed by atoms with E-state index in [2.05, 4.69) is 5.32 Å². The van der Waals surface area contributed by atoms with Crippen LogP contribution in [0.25, 0.3) is 0 Å². The van der Waals surface area contributed by atoms with E-state index in [-0.39, 0.29) is 12.5 Å². The number of carbonyl (C=O) groups is 2. The second-order valence-corrected chi connectivity index (χ2v) is 9.35. The summed E-state index contributed by atoms with van der Waals surface area (Å²) in [6.45, 7) is 3.68. The van der Waals surface area contributed by atoms with Gasteiger partial charge in [0.1, 0.15) is 12.6 Å². The standard InChI is InChI=1S/C22H28ClN3O4S/c1-4-20(22(28)24-5-2)25(15-17-11-9-10-14-19(17)23)21(27)16-26(31(3,29)30)18-12-7-6-8-13-18/h6-14,20H,4-5,15-16H2,1-3H3,(H,24,28). The maximum absolute atomic E-state index is 13.4. The molecule has 2 rings (SSSR count). The van der Waals surface area contributed by atoms with Crippen LogP contribution >= 0.6 is 11.6 Å². The van der Waals surface area contributed by atoms with Crippen LogP contribution < -0.4 is 9.62 Å². The number of anilines is 1. The van der Waals surface area contributed by atoms with Crippen molar-refractivity contribution in [2.45, 2.75) is 32.9 Å². The van der Waals surface area contributed by atoms with Crippen LogP contribution in [0, 0.1) is 0 Å². The molecule has 0 spiro atoms. The lowest BCUT2D eigenvalue weighted by Crippen LogP contribution is -2.52. The first kappa shape index (κ1) is 24.7. The number of nitrogens with one attached hydrogen (secondary N) is 1. The van der Waals surface area contributed by atoms with Gasteiger partial charge in [0.2, 0.25) is 21.8 Å². The highest BCUT2D eigenvalue weighted by molar-refractivity contribution is 7.92. The first-order chi connectivity index (χ1) is 14.7. The van der Waals surface area contributed by atoms with Gasteiger partial charge in [0.15, 0.2) is 0 Å². The molecule has 0 aliphatic rings. The molecule has 0 aliphatic carbocycles. The van der Waals surface area contributed by atoms with Gasteiger partial charge in [0, 0.05) is 18.1 Å². The van der Waals surface area contributed by atoms with Crippen LogP contribution in [0.1, 0.15) is 25.8 Å². The molecule has 0 aromatic heterocycles. The predicted molar refractivity (Wildman–Crippen MR) is 123 cm³/mol. The molecule has 31 heavy (non-hydrogen) atoms. The van der Waals surface area contributed by atoms with Gasteiger partial charge in [-0.25, -0.2) is 8.42 Å². The lowest BCUT2D eigenvalue weighted by atomic mass is 10.1. The van der Waals surface area contributed by atoms with Gasteiger partial charge in [0.05, 0.1) is 11.9 Å². The van der Waals surface area contributed by atoms with Crippen molar-refractivity contribution in [2.75, 3.05) is 23.7 Å². The highest BCUT2D eigenvalue weighted by Gasteiger charge is 2.31. The van der Waals surface area contributed by atoms with Gasteiger partial charge in [0.25, 0.3) is 0 Å². The van der Waals surface area contributed by atoms with Crippen molar-refractivity contribution >= 4 is 39.1 Å². The number of sulfonamides is 1. The Hall–Kier alpha value is -2.58. The smallest absolute Gasteiger partial charge is 0.244 e. The maximum atomic E-state index is 13.4. The van der Waals surface area contributed by atoms with E-state index < -0.39 is 28.5 Å². The van der Waals surface area contributed by atoms with Crippen molar-refractivity contribution in [3.63, 3.8) is 0 Å². The van der Waals surface area contributed by atoms with E-state index in [1.807, 2.05) is 0 Å². The van der Waals surface area contributed by atoms with Crippen LogP contribution in [0.15, 0.2) is 54.6 Å². The van der Waals surface area contributed by atoms with Crippen LogP contribution in [0.2, 0.25) is 5.02 Å². The summed E-state index contributed by atoms with van der Waals surface area (Å²) < 4.78 is 25.9. The monoisotopic (exact) mass is 465 g/mol. The summed E-state index contributed by atoms with van der Waals surface area (Å²) in [6, 6.07) is 14.7. The molecular formula is C22H28ClN3O4S. The molecule has 0 bridgehead atoms. The van der Waals surface area contributed by atoms with Crippen molar-refractivity contribution < 1.29 is 18.0 Å². The summed E-state index contributed by atoms with van der Waals surface area (Å²) in [5.74, 6) is -0.789. The number of hydrogen-bond donors (Lipinski definition) is 1. The number of carbonyl (C=O) groups excluding carboxylic acids is 2. The minimum absolute atomic E-state index is 0.0839. The van der Waals surface area contributed by atoms with Gasteiger partial charge in [-0.15, -0.1) is 0 Å². The van der Waals surface area contributed by atoms with Crippen molar-refractivity contribution in [1.29, 1.82) is 0 Å². The SMILES string of the molecule is CCNC(=O)C(CC)N(Cc1ccccc1Cl)C(=O)CN(c1ccccc1)S(C)(=O)=O. The molecule has 0 radical (unpaired) electrons. The molecule has 2 amide bonds. The summed E-state index contributed by atoms with van der Waals surface area (Å²) >= 11 is 6.29. The molecule has 1 unspecified atom stereocenters. The van der Waals surface area contributed by atoms with E-state index in [0.29, 0.717) is 29.2 Å². The number of hydrogen-bond acceptors (Lipinski definition) is 4. The predicted octanol–water partition coefficient (Wildman–Crippen LogP) is 3.05. The Kier molecular flexibility index (Phi) is 8.88. The molecule has 0 saturated carbocycles. The van der Waals surface area contributed by atoms with Crippen molar-refractivity contribution in [3.05, 3.63) is 65.2 Å². The maximum Gasteiger partial charge on any atom is 0.244 e. The fraction of sp³-hybridized carbons (Fsp3) is 0.364. The van der Waals surface area contributed by atoms with Crippen molar-refractivity contribution in [3.8, 4) is 0 Å². The van der Waals surface area contributed by atoms with Crippen molar-refractivity contribution in [1.82, 2.24) is 10.2 Å². The van der Waals surface area contributed by atoms with Crippen LogP contribution in [0.4, 0.5) is 5.69 Å². The highest BCUT2D eigenvalue weighted by atomic mass is 35.5. The molecule has 1 atom stereocenters. The van der Waals surface area contributed by atoms with Crippen LogP contribution in [0.5, 0.6) is 0 Å². The van der Waals surface area contributed by atoms with Gasteiger partial charge >= 0.3 is 0 Å². The molecule has 2 aromatic carbocycles. The Morgan fingerprint density at radius 1 is 1.03 bits per heavy atom. The van der Waals surface area contributed by atoms with E-state index in [4.69, 9.17) is 11.6 Å². The molecule has 0 heterocycles. The van der Waals surface area contributed by atoms with Crippen molar-refractivity contribution in [2.24, 2.45) is 0 Å². The first-order valence-electron chi connectivity index (χ1n) is 10.0. The van der Waals surface area contributed by atoms with Crippen LogP contribution in [-0.2, 0) is 26.2 Å². The fourth-order valence-electron chi connectivity index (χ4n) is 3.23. The highest BCUT2D eigenvalue weighted by Crippen LogP contribution is 2.22. The molecule has 168 valence electrons. The third kappa shape index (κ3) is 6.70. The number of amides is 2. The molecular weight excluding hydrogens is 438 g/mol. The van der Waals surface area contributed by atoms with E-state index in [1.54, 1.807) is 68.4 Å². The minimum atomic E-state index is -3.73. The zero-order valence-electron chi connectivity index (χ0n) is 17.9. The summed E-state index contributed by atoms with van der Waals surface area (Å²) in [6.07, 6.45) is 1.42. The summed E-state index contributed by atoms with van der Waals surface area (Å²) in [5.41, 5.74) is 1.05. The Bertz CT molecular complexity index is 999. The third-order valence-corrected chi connectivity index (χ3v) is 6.27. The van der Waals surface area contributed by atoms with E-state index in [9.17, 15) is 18.0 Å². The van der Waals surface area contributed by atoms with Gasteiger partial charge < -0.3 is 10.2 Å².